The summed E-state index contributed by atoms with van der Waals surface area (Å²) in [4.78, 5) is 2.22. The molecule has 4 rings (SSSR count). The predicted molar refractivity (Wildman–Crippen MR) is 127 cm³/mol. The average molecular weight is 474 g/mol. The van der Waals surface area contributed by atoms with Gasteiger partial charge in [0.25, 0.3) is 0 Å². The number of ether oxygens (including phenoxy) is 2. The highest BCUT2D eigenvalue weighted by molar-refractivity contribution is 5.95. The van der Waals surface area contributed by atoms with Gasteiger partial charge in [0.1, 0.15) is 17.0 Å². The van der Waals surface area contributed by atoms with Gasteiger partial charge in [-0.15, -0.1) is 0 Å². The van der Waals surface area contributed by atoms with Crippen LogP contribution in [0.25, 0.3) is 16.6 Å². The maximum absolute atomic E-state index is 12.6. The fraction of sp³-hybridized carbons (Fsp3) is 0.423. The first-order valence-electron chi connectivity index (χ1n) is 11.3. The molecule has 0 bridgehead atoms. The second-order valence-corrected chi connectivity index (χ2v) is 9.64. The lowest BCUT2D eigenvalue weighted by molar-refractivity contribution is -0.139. The number of alkyl halides is 3. The number of benzene rings is 1. The Kier molecular flexibility index (Phi) is 6.04. The largest absolute Gasteiger partial charge is 0.494 e. The third-order valence-corrected chi connectivity index (χ3v) is 6.12. The Hall–Kier alpha value is -3.16. The normalized spacial score (nSPS) is 18.3. The van der Waals surface area contributed by atoms with Gasteiger partial charge in [-0.1, -0.05) is 46.1 Å². The van der Waals surface area contributed by atoms with Gasteiger partial charge in [-0.05, 0) is 30.1 Å². The molecule has 1 atom stereocenters. The van der Waals surface area contributed by atoms with Gasteiger partial charge in [0.2, 0.25) is 0 Å². The SMILES string of the molecule is C=C1C=C2c3c4cccc(OCCC(F)(F)F)c4nn3CC(C(C)(C)C)N2C=C1C(=C)OCC. The molecule has 2 aliphatic rings. The molecule has 1 unspecified atom stereocenters. The van der Waals surface area contributed by atoms with Gasteiger partial charge in [0.15, 0.2) is 0 Å². The highest BCUT2D eigenvalue weighted by Gasteiger charge is 2.40. The summed E-state index contributed by atoms with van der Waals surface area (Å²) in [6.45, 7) is 17.4. The number of rotatable bonds is 6. The van der Waals surface area contributed by atoms with Crippen molar-refractivity contribution in [1.29, 1.82) is 0 Å². The van der Waals surface area contributed by atoms with Crippen LogP contribution in [0.3, 0.4) is 0 Å². The maximum atomic E-state index is 12.6. The van der Waals surface area contributed by atoms with E-state index in [0.717, 1.165) is 27.9 Å². The van der Waals surface area contributed by atoms with Gasteiger partial charge >= 0.3 is 6.18 Å². The predicted octanol–water partition coefficient (Wildman–Crippen LogP) is 6.44. The molecule has 2 aromatic rings. The number of halogens is 3. The summed E-state index contributed by atoms with van der Waals surface area (Å²) in [5.74, 6) is 0.915. The highest BCUT2D eigenvalue weighted by Crippen LogP contribution is 2.44. The van der Waals surface area contributed by atoms with E-state index in [2.05, 4.69) is 38.8 Å². The molecule has 0 fully saturated rings. The van der Waals surface area contributed by atoms with Crippen LogP contribution >= 0.6 is 0 Å². The monoisotopic (exact) mass is 473 g/mol. The van der Waals surface area contributed by atoms with E-state index in [0.29, 0.717) is 30.2 Å². The van der Waals surface area contributed by atoms with Gasteiger partial charge < -0.3 is 14.4 Å². The molecule has 0 radical (unpaired) electrons. The van der Waals surface area contributed by atoms with E-state index in [1.807, 2.05) is 29.9 Å². The lowest BCUT2D eigenvalue weighted by atomic mass is 9.82. The number of aromatic nitrogens is 2. The Balaban J connectivity index is 1.80. The quantitative estimate of drug-likeness (QED) is 0.453. The summed E-state index contributed by atoms with van der Waals surface area (Å²) < 4.78 is 51.0. The zero-order valence-corrected chi connectivity index (χ0v) is 20.0. The summed E-state index contributed by atoms with van der Waals surface area (Å²) in [5.41, 5.74) is 3.88. The van der Waals surface area contributed by atoms with E-state index in [1.165, 1.54) is 0 Å². The number of allylic oxidation sites excluding steroid dienone is 2. The van der Waals surface area contributed by atoms with Crippen LogP contribution in [0.4, 0.5) is 13.2 Å². The molecule has 182 valence electrons. The van der Waals surface area contributed by atoms with Crippen LogP contribution in [0.15, 0.2) is 60.5 Å². The first-order chi connectivity index (χ1) is 15.9. The van der Waals surface area contributed by atoms with Crippen LogP contribution < -0.4 is 4.74 Å². The number of nitrogens with zero attached hydrogens (tertiary/aromatic N) is 3. The Bertz CT molecular complexity index is 1200. The van der Waals surface area contributed by atoms with Crippen LogP contribution in [-0.2, 0) is 11.3 Å². The molecular weight excluding hydrogens is 443 g/mol. The highest BCUT2D eigenvalue weighted by atomic mass is 19.4. The van der Waals surface area contributed by atoms with Crippen molar-refractivity contribution in [2.75, 3.05) is 13.2 Å². The van der Waals surface area contributed by atoms with Crippen molar-refractivity contribution in [1.82, 2.24) is 14.7 Å². The van der Waals surface area contributed by atoms with E-state index in [-0.39, 0.29) is 11.5 Å². The second-order valence-electron chi connectivity index (χ2n) is 9.64. The molecule has 8 heteroatoms. The van der Waals surface area contributed by atoms with E-state index >= 15 is 0 Å². The number of hydrogen-bond donors (Lipinski definition) is 0. The molecular formula is C26H30F3N3O2. The first-order valence-corrected chi connectivity index (χ1v) is 11.3. The van der Waals surface area contributed by atoms with Gasteiger partial charge in [-0.25, -0.2) is 0 Å². The van der Waals surface area contributed by atoms with Crippen LogP contribution in [0, 0.1) is 5.41 Å². The topological polar surface area (TPSA) is 39.5 Å². The van der Waals surface area contributed by atoms with Crippen molar-refractivity contribution in [2.24, 2.45) is 5.41 Å². The van der Waals surface area contributed by atoms with Crippen LogP contribution in [0.5, 0.6) is 5.75 Å². The summed E-state index contributed by atoms with van der Waals surface area (Å²) >= 11 is 0. The summed E-state index contributed by atoms with van der Waals surface area (Å²) in [5, 5.41) is 5.60. The lowest BCUT2D eigenvalue weighted by Gasteiger charge is -2.46. The summed E-state index contributed by atoms with van der Waals surface area (Å²) in [7, 11) is 0. The van der Waals surface area contributed by atoms with E-state index < -0.39 is 19.2 Å². The second kappa shape index (κ2) is 8.56. The molecule has 1 aromatic carbocycles. The molecule has 0 saturated carbocycles. The third kappa shape index (κ3) is 4.45. The van der Waals surface area contributed by atoms with Crippen LogP contribution in [0.1, 0.15) is 39.8 Å². The van der Waals surface area contributed by atoms with Crippen molar-refractivity contribution in [2.45, 2.75) is 52.9 Å². The van der Waals surface area contributed by atoms with Gasteiger partial charge in [-0.3, -0.25) is 4.68 Å². The average Bonchev–Trinajstić information content (AvgIpc) is 3.11. The summed E-state index contributed by atoms with van der Waals surface area (Å²) in [6.07, 6.45) is -1.25. The third-order valence-electron chi connectivity index (χ3n) is 6.12. The Morgan fingerprint density at radius 2 is 1.97 bits per heavy atom. The molecule has 3 heterocycles. The minimum atomic E-state index is -4.27. The molecule has 5 nitrogen and oxygen atoms in total. The molecule has 0 saturated heterocycles. The molecule has 1 aromatic heterocycles. The first kappa shape index (κ1) is 24.0. The summed E-state index contributed by atoms with van der Waals surface area (Å²) in [6, 6.07) is 5.43. The zero-order valence-electron chi connectivity index (χ0n) is 20.0. The van der Waals surface area contributed by atoms with E-state index in [9.17, 15) is 13.2 Å². The fourth-order valence-electron chi connectivity index (χ4n) is 4.43. The minimum Gasteiger partial charge on any atom is -0.494 e. The molecule has 0 N–H and O–H groups in total. The van der Waals surface area contributed by atoms with Crippen molar-refractivity contribution in [3.05, 3.63) is 66.2 Å². The number of hydrogen-bond acceptors (Lipinski definition) is 4. The maximum Gasteiger partial charge on any atom is 0.392 e. The van der Waals surface area contributed by atoms with Gasteiger partial charge in [0.05, 0.1) is 43.6 Å². The van der Waals surface area contributed by atoms with Gasteiger partial charge in [-0.2, -0.15) is 18.3 Å². The van der Waals surface area contributed by atoms with Crippen LogP contribution in [0.2, 0.25) is 0 Å². The smallest absolute Gasteiger partial charge is 0.392 e. The van der Waals surface area contributed by atoms with Crippen molar-refractivity contribution in [3.63, 3.8) is 0 Å². The molecule has 34 heavy (non-hydrogen) atoms. The Labute approximate surface area is 197 Å². The van der Waals surface area contributed by atoms with Crippen molar-refractivity contribution >= 4 is 16.6 Å². The Morgan fingerprint density at radius 3 is 2.62 bits per heavy atom. The lowest BCUT2D eigenvalue weighted by Crippen LogP contribution is -2.47. The van der Waals surface area contributed by atoms with Gasteiger partial charge in [0, 0.05) is 17.2 Å². The van der Waals surface area contributed by atoms with Crippen molar-refractivity contribution < 1.29 is 22.6 Å². The van der Waals surface area contributed by atoms with E-state index in [1.54, 1.807) is 12.1 Å². The van der Waals surface area contributed by atoms with E-state index in [4.69, 9.17) is 14.6 Å². The Morgan fingerprint density at radius 1 is 1.24 bits per heavy atom. The van der Waals surface area contributed by atoms with Crippen LogP contribution in [-0.4, -0.2) is 40.1 Å². The molecule has 0 aliphatic carbocycles. The standard InChI is InChI=1S/C26H30F3N3O2/c1-7-33-17(3)19-14-31-20(13-16(19)2)24-18-9-8-10-21(34-12-11-26(27,28)29)23(18)30-32(24)15-22(31)25(4,5)6/h8-10,13-14,22H,2-3,7,11-12,15H2,1,4-6H3. The zero-order chi connectivity index (χ0) is 24.8. The fourth-order valence-corrected chi connectivity index (χ4v) is 4.43. The molecule has 0 amide bonds. The van der Waals surface area contributed by atoms with Crippen molar-refractivity contribution in [3.8, 4) is 5.75 Å². The molecule has 0 spiro atoms. The minimum absolute atomic E-state index is 0.0627. The number of fused-ring (bicyclic) bond motifs is 5. The molecule has 2 aliphatic heterocycles.